The lowest BCUT2D eigenvalue weighted by Crippen LogP contribution is -2.40. The van der Waals surface area contributed by atoms with Crippen molar-refractivity contribution in [1.82, 2.24) is 4.72 Å². The highest BCUT2D eigenvalue weighted by molar-refractivity contribution is 7.90. The summed E-state index contributed by atoms with van der Waals surface area (Å²) in [6.45, 7) is 5.53. The maximum atomic E-state index is 13.0. The summed E-state index contributed by atoms with van der Waals surface area (Å²) in [5.41, 5.74) is 0.655. The van der Waals surface area contributed by atoms with Crippen LogP contribution in [0.1, 0.15) is 43.3 Å². The molecule has 0 unspecified atom stereocenters. The van der Waals surface area contributed by atoms with E-state index in [1.54, 1.807) is 32.9 Å². The lowest BCUT2D eigenvalue weighted by Gasteiger charge is -2.29. The number of aryl methyl sites for hydroxylation is 1. The van der Waals surface area contributed by atoms with Crippen molar-refractivity contribution in [2.45, 2.75) is 49.1 Å². The van der Waals surface area contributed by atoms with Crippen LogP contribution in [0.2, 0.25) is 0 Å². The number of hydrogen-bond acceptors (Lipinski definition) is 6. The average molecular weight is 441 g/mol. The minimum atomic E-state index is -3.90. The topological polar surface area (TPSA) is 114 Å². The molecule has 29 heavy (non-hydrogen) atoms. The van der Waals surface area contributed by atoms with Gasteiger partial charge in [0.15, 0.2) is 15.6 Å². The van der Waals surface area contributed by atoms with E-state index >= 15 is 0 Å². The first kappa shape index (κ1) is 21.5. The van der Waals surface area contributed by atoms with Crippen LogP contribution in [0.3, 0.4) is 0 Å². The van der Waals surface area contributed by atoms with Gasteiger partial charge in [-0.25, -0.2) is 21.6 Å². The molecule has 0 fully saturated rings. The SMILES string of the molecule is CC(C)(C)NS(=O)(=O)c1ccc(C(=O)N2CCCc3cc(S(C)(=O)=O)ccc32)o1. The number of carbonyl (C=O) groups excluding carboxylic acids is 1. The number of benzene rings is 1. The Labute approximate surface area is 170 Å². The fourth-order valence-electron chi connectivity index (χ4n) is 3.18. The summed E-state index contributed by atoms with van der Waals surface area (Å²) in [5, 5.41) is -0.333. The second-order valence-electron chi connectivity index (χ2n) is 8.10. The average Bonchev–Trinajstić information content (AvgIpc) is 3.08. The van der Waals surface area contributed by atoms with Crippen molar-refractivity contribution in [2.75, 3.05) is 17.7 Å². The number of nitrogens with one attached hydrogen (secondary N) is 1. The summed E-state index contributed by atoms with van der Waals surface area (Å²) < 4.78 is 56.2. The van der Waals surface area contributed by atoms with E-state index in [1.807, 2.05) is 0 Å². The first-order valence-electron chi connectivity index (χ1n) is 9.07. The molecule has 1 aromatic heterocycles. The van der Waals surface area contributed by atoms with E-state index in [0.717, 1.165) is 11.8 Å². The second kappa shape index (κ2) is 7.26. The van der Waals surface area contributed by atoms with E-state index in [0.29, 0.717) is 25.1 Å². The zero-order valence-corrected chi connectivity index (χ0v) is 18.4. The summed E-state index contributed by atoms with van der Waals surface area (Å²) in [5.74, 6) is -0.574. The van der Waals surface area contributed by atoms with Crippen LogP contribution in [0, 0.1) is 0 Å². The number of fused-ring (bicyclic) bond motifs is 1. The molecule has 0 saturated heterocycles. The van der Waals surface area contributed by atoms with E-state index in [2.05, 4.69) is 4.72 Å². The van der Waals surface area contributed by atoms with Crippen molar-refractivity contribution >= 4 is 31.5 Å². The van der Waals surface area contributed by atoms with E-state index in [1.165, 1.54) is 23.1 Å². The van der Waals surface area contributed by atoms with Gasteiger partial charge in [-0.15, -0.1) is 0 Å². The van der Waals surface area contributed by atoms with Crippen LogP contribution in [-0.2, 0) is 26.3 Å². The Hall–Kier alpha value is -2.17. The van der Waals surface area contributed by atoms with Crippen molar-refractivity contribution < 1.29 is 26.0 Å². The predicted molar refractivity (Wildman–Crippen MR) is 108 cm³/mol. The van der Waals surface area contributed by atoms with Crippen LogP contribution in [0.15, 0.2) is 44.7 Å². The summed E-state index contributed by atoms with van der Waals surface area (Å²) in [4.78, 5) is 14.7. The minimum Gasteiger partial charge on any atom is -0.438 e. The van der Waals surface area contributed by atoms with Crippen LogP contribution < -0.4 is 9.62 Å². The molecule has 10 heteroatoms. The number of hydrogen-bond donors (Lipinski definition) is 1. The Kier molecular flexibility index (Phi) is 5.39. The van der Waals surface area contributed by atoms with E-state index in [-0.39, 0.29) is 15.7 Å². The fourth-order valence-corrected chi connectivity index (χ4v) is 5.21. The highest BCUT2D eigenvalue weighted by Gasteiger charge is 2.30. The highest BCUT2D eigenvalue weighted by atomic mass is 32.2. The number of anilines is 1. The van der Waals surface area contributed by atoms with Gasteiger partial charge in [-0.2, -0.15) is 0 Å². The molecule has 0 aliphatic carbocycles. The van der Waals surface area contributed by atoms with E-state index in [9.17, 15) is 21.6 Å². The molecule has 1 N–H and O–H groups in total. The van der Waals surface area contributed by atoms with Crippen LogP contribution in [0.25, 0.3) is 0 Å². The molecular formula is C19H24N2O6S2. The van der Waals surface area contributed by atoms with Gasteiger partial charge in [0.25, 0.3) is 15.9 Å². The van der Waals surface area contributed by atoms with Gasteiger partial charge in [-0.1, -0.05) is 0 Å². The fraction of sp³-hybridized carbons (Fsp3) is 0.421. The van der Waals surface area contributed by atoms with Crippen molar-refractivity contribution in [3.05, 3.63) is 41.7 Å². The number of sulfone groups is 1. The number of furan rings is 1. The monoisotopic (exact) mass is 440 g/mol. The smallest absolute Gasteiger partial charge is 0.294 e. The quantitative estimate of drug-likeness (QED) is 0.781. The lowest BCUT2D eigenvalue weighted by atomic mass is 10.0. The largest absolute Gasteiger partial charge is 0.438 e. The third kappa shape index (κ3) is 4.71. The summed E-state index contributed by atoms with van der Waals surface area (Å²) in [7, 11) is -7.25. The molecule has 158 valence electrons. The zero-order chi connectivity index (χ0) is 21.6. The van der Waals surface area contributed by atoms with Gasteiger partial charge < -0.3 is 9.32 Å². The molecule has 2 aromatic rings. The third-order valence-electron chi connectivity index (χ3n) is 4.34. The standard InChI is InChI=1S/C19H24N2O6S2/c1-19(2,3)20-29(25,26)17-10-9-16(27-17)18(22)21-11-5-6-13-12-14(28(4,23)24)7-8-15(13)21/h7-10,12,20H,5-6,11H2,1-4H3. The Morgan fingerprint density at radius 3 is 2.41 bits per heavy atom. The van der Waals surface area contributed by atoms with Crippen molar-refractivity contribution in [3.8, 4) is 0 Å². The van der Waals surface area contributed by atoms with E-state index in [4.69, 9.17) is 4.42 Å². The van der Waals surface area contributed by atoms with Gasteiger partial charge in [-0.3, -0.25) is 4.79 Å². The number of nitrogens with zero attached hydrogens (tertiary/aromatic N) is 1. The zero-order valence-electron chi connectivity index (χ0n) is 16.7. The molecule has 0 bridgehead atoms. The summed E-state index contributed by atoms with van der Waals surface area (Å²) >= 11 is 0. The molecule has 3 rings (SSSR count). The Bertz CT molecular complexity index is 1160. The third-order valence-corrected chi connectivity index (χ3v) is 7.08. The number of carbonyl (C=O) groups is 1. The van der Waals surface area contributed by atoms with Gasteiger partial charge in [0.05, 0.1) is 4.90 Å². The molecule has 0 saturated carbocycles. The summed E-state index contributed by atoms with van der Waals surface area (Å²) in [6, 6.07) is 7.22. The minimum absolute atomic E-state index is 0.0978. The number of sulfonamides is 1. The van der Waals surface area contributed by atoms with Gasteiger partial charge in [-0.05, 0) is 69.5 Å². The highest BCUT2D eigenvalue weighted by Crippen LogP contribution is 2.31. The number of rotatable bonds is 4. The molecule has 1 aromatic carbocycles. The number of amides is 1. The molecule has 2 heterocycles. The normalized spacial score (nSPS) is 15.2. The predicted octanol–water partition coefficient (Wildman–Crippen LogP) is 2.35. The molecule has 1 amide bonds. The van der Waals surface area contributed by atoms with Crippen molar-refractivity contribution in [1.29, 1.82) is 0 Å². The first-order valence-corrected chi connectivity index (χ1v) is 12.4. The van der Waals surface area contributed by atoms with Crippen LogP contribution >= 0.6 is 0 Å². The summed E-state index contributed by atoms with van der Waals surface area (Å²) in [6.07, 6.45) is 2.44. The van der Waals surface area contributed by atoms with Crippen molar-refractivity contribution in [3.63, 3.8) is 0 Å². The lowest BCUT2D eigenvalue weighted by molar-refractivity contribution is 0.0953. The van der Waals surface area contributed by atoms with Crippen molar-refractivity contribution in [2.24, 2.45) is 0 Å². The Morgan fingerprint density at radius 1 is 1.10 bits per heavy atom. The van der Waals surface area contributed by atoms with Gasteiger partial charge in [0.1, 0.15) is 0 Å². The molecule has 0 atom stereocenters. The molecule has 8 nitrogen and oxygen atoms in total. The molecule has 0 radical (unpaired) electrons. The Morgan fingerprint density at radius 2 is 1.79 bits per heavy atom. The van der Waals surface area contributed by atoms with E-state index < -0.39 is 31.3 Å². The Balaban J connectivity index is 1.91. The van der Waals surface area contributed by atoms with Crippen LogP contribution in [0.4, 0.5) is 5.69 Å². The maximum Gasteiger partial charge on any atom is 0.294 e. The molecule has 0 spiro atoms. The molecule has 1 aliphatic rings. The van der Waals surface area contributed by atoms with Gasteiger partial charge in [0.2, 0.25) is 5.09 Å². The maximum absolute atomic E-state index is 13.0. The van der Waals surface area contributed by atoms with Crippen LogP contribution in [0.5, 0.6) is 0 Å². The first-order chi connectivity index (χ1) is 13.3. The second-order valence-corrected chi connectivity index (χ2v) is 11.7. The molecular weight excluding hydrogens is 416 g/mol. The molecule has 1 aliphatic heterocycles. The van der Waals surface area contributed by atoms with Crippen LogP contribution in [-0.4, -0.2) is 41.1 Å². The van der Waals surface area contributed by atoms with Gasteiger partial charge >= 0.3 is 0 Å². The van der Waals surface area contributed by atoms with Gasteiger partial charge in [0, 0.05) is 24.0 Å².